The Hall–Kier alpha value is -1.06. The Balaban J connectivity index is 0.00000144. The number of hydrogen-bond donors (Lipinski definition) is 2. The summed E-state index contributed by atoms with van der Waals surface area (Å²) in [7, 11) is 0. The van der Waals surface area contributed by atoms with Crippen molar-refractivity contribution in [3.8, 4) is 0 Å². The summed E-state index contributed by atoms with van der Waals surface area (Å²) in [5.41, 5.74) is 7.51. The Morgan fingerprint density at radius 1 is 1.41 bits per heavy atom. The number of halogens is 1. The summed E-state index contributed by atoms with van der Waals surface area (Å²) >= 11 is 0. The van der Waals surface area contributed by atoms with Crippen molar-refractivity contribution in [3.63, 3.8) is 0 Å². The van der Waals surface area contributed by atoms with E-state index in [1.54, 1.807) is 0 Å². The van der Waals surface area contributed by atoms with Gasteiger partial charge in [-0.1, -0.05) is 12.1 Å². The zero-order chi connectivity index (χ0) is 11.5. The van der Waals surface area contributed by atoms with Crippen molar-refractivity contribution in [1.29, 1.82) is 0 Å². The Morgan fingerprint density at radius 3 is 2.47 bits per heavy atom. The smallest absolute Gasteiger partial charge is 0.251 e. The maximum absolute atomic E-state index is 11.7. The predicted octanol–water partition coefficient (Wildman–Crippen LogP) is 2.27. The Morgan fingerprint density at radius 2 is 2.00 bits per heavy atom. The van der Waals surface area contributed by atoms with Gasteiger partial charge in [0, 0.05) is 18.2 Å². The summed E-state index contributed by atoms with van der Waals surface area (Å²) < 4.78 is 0. The number of hydrogen-bond acceptors (Lipinski definition) is 2. The Kier molecular flexibility index (Phi) is 4.97. The van der Waals surface area contributed by atoms with Gasteiger partial charge in [-0.25, -0.2) is 0 Å². The van der Waals surface area contributed by atoms with E-state index in [0.717, 1.165) is 12.1 Å². The minimum Gasteiger partial charge on any atom is -0.352 e. The van der Waals surface area contributed by atoms with Crippen LogP contribution in [0.1, 0.15) is 41.7 Å². The van der Waals surface area contributed by atoms with Crippen molar-refractivity contribution in [1.82, 2.24) is 5.32 Å². The monoisotopic (exact) mass is 254 g/mol. The molecule has 1 aliphatic rings. The highest BCUT2D eigenvalue weighted by Crippen LogP contribution is 2.27. The van der Waals surface area contributed by atoms with E-state index in [-0.39, 0.29) is 24.4 Å². The van der Waals surface area contributed by atoms with E-state index >= 15 is 0 Å². The standard InChI is InChI=1S/C13H18N2O.ClH/c1-9(14)11-4-6-12(7-5-11)13(16)15-8-10-2-3-10;/h4-7,9-10H,2-3,8,14H2,1H3,(H,15,16);1H. The third kappa shape index (κ3) is 4.02. The van der Waals surface area contributed by atoms with E-state index in [9.17, 15) is 4.79 Å². The van der Waals surface area contributed by atoms with Crippen LogP contribution in [-0.2, 0) is 0 Å². The van der Waals surface area contributed by atoms with E-state index in [1.807, 2.05) is 31.2 Å². The molecule has 0 saturated heterocycles. The predicted molar refractivity (Wildman–Crippen MR) is 71.3 cm³/mol. The van der Waals surface area contributed by atoms with Crippen molar-refractivity contribution < 1.29 is 4.79 Å². The first-order chi connectivity index (χ1) is 7.66. The summed E-state index contributed by atoms with van der Waals surface area (Å²) in [5, 5.41) is 2.94. The molecule has 94 valence electrons. The highest BCUT2D eigenvalue weighted by atomic mass is 35.5. The quantitative estimate of drug-likeness (QED) is 0.866. The van der Waals surface area contributed by atoms with Gasteiger partial charge in [0.25, 0.3) is 5.91 Å². The molecule has 4 heteroatoms. The van der Waals surface area contributed by atoms with Crippen molar-refractivity contribution in [2.24, 2.45) is 11.7 Å². The van der Waals surface area contributed by atoms with Gasteiger partial charge in [-0.3, -0.25) is 4.79 Å². The summed E-state index contributed by atoms with van der Waals surface area (Å²) in [4.78, 5) is 11.7. The van der Waals surface area contributed by atoms with Gasteiger partial charge in [0.1, 0.15) is 0 Å². The number of carbonyl (C=O) groups excluding carboxylic acids is 1. The molecule has 0 radical (unpaired) electrons. The largest absolute Gasteiger partial charge is 0.352 e. The lowest BCUT2D eigenvalue weighted by Gasteiger charge is -2.07. The molecule has 0 heterocycles. The van der Waals surface area contributed by atoms with Crippen molar-refractivity contribution in [2.75, 3.05) is 6.54 Å². The molecule has 1 atom stereocenters. The van der Waals surface area contributed by atoms with Gasteiger partial charge >= 0.3 is 0 Å². The average molecular weight is 255 g/mol. The molecule has 1 aromatic carbocycles. The van der Waals surface area contributed by atoms with Crippen LogP contribution in [0, 0.1) is 5.92 Å². The number of amides is 1. The molecule has 0 aromatic heterocycles. The van der Waals surface area contributed by atoms with Crippen LogP contribution in [0.2, 0.25) is 0 Å². The normalized spacial score (nSPS) is 15.9. The molecule has 0 aliphatic heterocycles. The van der Waals surface area contributed by atoms with Crippen molar-refractivity contribution >= 4 is 18.3 Å². The number of nitrogens with two attached hydrogens (primary N) is 1. The van der Waals surface area contributed by atoms with Crippen LogP contribution in [0.5, 0.6) is 0 Å². The molecule has 2 rings (SSSR count). The third-order valence-electron chi connectivity index (χ3n) is 2.95. The molecule has 1 amide bonds. The zero-order valence-corrected chi connectivity index (χ0v) is 10.8. The Labute approximate surface area is 108 Å². The molecule has 0 bridgehead atoms. The first-order valence-electron chi connectivity index (χ1n) is 5.80. The SMILES string of the molecule is CC(N)c1ccc(C(=O)NCC2CC2)cc1.Cl. The highest BCUT2D eigenvalue weighted by molar-refractivity contribution is 5.94. The van der Waals surface area contributed by atoms with Gasteiger partial charge in [-0.2, -0.15) is 0 Å². The van der Waals surface area contributed by atoms with Gasteiger partial charge in [0.2, 0.25) is 0 Å². The number of carbonyl (C=O) groups is 1. The van der Waals surface area contributed by atoms with Crippen LogP contribution < -0.4 is 11.1 Å². The number of nitrogens with one attached hydrogen (secondary N) is 1. The molecule has 0 spiro atoms. The highest BCUT2D eigenvalue weighted by Gasteiger charge is 2.21. The van der Waals surface area contributed by atoms with E-state index in [4.69, 9.17) is 5.73 Å². The first kappa shape index (κ1) is 14.0. The molecule has 1 aliphatic carbocycles. The van der Waals surface area contributed by atoms with Gasteiger partial charge in [0.05, 0.1) is 0 Å². The van der Waals surface area contributed by atoms with Gasteiger partial charge < -0.3 is 11.1 Å². The van der Waals surface area contributed by atoms with Crippen LogP contribution in [0.3, 0.4) is 0 Å². The lowest BCUT2D eigenvalue weighted by Crippen LogP contribution is -2.25. The fraction of sp³-hybridized carbons (Fsp3) is 0.462. The second-order valence-corrected chi connectivity index (χ2v) is 4.56. The maximum Gasteiger partial charge on any atom is 0.251 e. The first-order valence-corrected chi connectivity index (χ1v) is 5.80. The minimum atomic E-state index is 0. The van der Waals surface area contributed by atoms with E-state index in [2.05, 4.69) is 5.32 Å². The van der Waals surface area contributed by atoms with Crippen LogP contribution in [0.15, 0.2) is 24.3 Å². The molecule has 1 unspecified atom stereocenters. The average Bonchev–Trinajstić information content (AvgIpc) is 3.10. The summed E-state index contributed by atoms with van der Waals surface area (Å²) in [6.45, 7) is 2.75. The fourth-order valence-electron chi connectivity index (χ4n) is 1.60. The van der Waals surface area contributed by atoms with Crippen molar-refractivity contribution in [2.45, 2.75) is 25.8 Å². The molecular weight excluding hydrogens is 236 g/mol. The number of rotatable bonds is 4. The molecule has 1 fully saturated rings. The third-order valence-corrected chi connectivity index (χ3v) is 2.95. The fourth-order valence-corrected chi connectivity index (χ4v) is 1.60. The zero-order valence-electron chi connectivity index (χ0n) is 9.98. The Bertz CT molecular complexity index is 372. The second kappa shape index (κ2) is 6.03. The van der Waals surface area contributed by atoms with E-state index in [0.29, 0.717) is 11.5 Å². The molecule has 1 aromatic rings. The van der Waals surface area contributed by atoms with Gasteiger partial charge in [0.15, 0.2) is 0 Å². The van der Waals surface area contributed by atoms with Crippen LogP contribution in [0.25, 0.3) is 0 Å². The molecular formula is C13H19ClN2O. The van der Waals surface area contributed by atoms with Crippen LogP contribution in [-0.4, -0.2) is 12.5 Å². The second-order valence-electron chi connectivity index (χ2n) is 4.56. The summed E-state index contributed by atoms with van der Waals surface area (Å²) in [6, 6.07) is 7.51. The van der Waals surface area contributed by atoms with Crippen LogP contribution >= 0.6 is 12.4 Å². The lowest BCUT2D eigenvalue weighted by molar-refractivity contribution is 0.0952. The lowest BCUT2D eigenvalue weighted by atomic mass is 10.1. The van der Waals surface area contributed by atoms with E-state index < -0.39 is 0 Å². The topological polar surface area (TPSA) is 55.1 Å². The molecule has 17 heavy (non-hydrogen) atoms. The maximum atomic E-state index is 11.7. The van der Waals surface area contributed by atoms with Gasteiger partial charge in [-0.15, -0.1) is 12.4 Å². The van der Waals surface area contributed by atoms with Gasteiger partial charge in [-0.05, 0) is 43.4 Å². The minimum absolute atomic E-state index is 0. The molecule has 3 N–H and O–H groups in total. The number of benzene rings is 1. The molecule has 1 saturated carbocycles. The van der Waals surface area contributed by atoms with Crippen molar-refractivity contribution in [3.05, 3.63) is 35.4 Å². The van der Waals surface area contributed by atoms with Crippen LogP contribution in [0.4, 0.5) is 0 Å². The summed E-state index contributed by atoms with van der Waals surface area (Å²) in [5.74, 6) is 0.732. The summed E-state index contributed by atoms with van der Waals surface area (Å²) in [6.07, 6.45) is 2.51. The van der Waals surface area contributed by atoms with E-state index in [1.165, 1.54) is 12.8 Å². The molecule has 3 nitrogen and oxygen atoms in total.